The summed E-state index contributed by atoms with van der Waals surface area (Å²) < 4.78 is 0. The molecule has 3 fully saturated rings. The Morgan fingerprint density at radius 3 is 2.73 bits per heavy atom. The molecule has 0 spiro atoms. The molecule has 4 aliphatic carbocycles. The van der Waals surface area contributed by atoms with Gasteiger partial charge in [0.2, 0.25) is 0 Å². The third-order valence-electron chi connectivity index (χ3n) is 8.47. The van der Waals surface area contributed by atoms with E-state index in [1.807, 2.05) is 0 Å². The number of allylic oxidation sites excluding steroid dienone is 2. The van der Waals surface area contributed by atoms with Crippen LogP contribution >= 0.6 is 15.9 Å². The van der Waals surface area contributed by atoms with Gasteiger partial charge < -0.3 is 5.11 Å². The average Bonchev–Trinajstić information content (AvgIpc) is 3.17. The van der Waals surface area contributed by atoms with E-state index in [2.05, 4.69) is 42.8 Å². The lowest BCUT2D eigenvalue weighted by atomic mass is 9.48. The van der Waals surface area contributed by atoms with Crippen LogP contribution in [0.5, 0.6) is 0 Å². The second kappa shape index (κ2) is 4.85. The van der Waals surface area contributed by atoms with Crippen molar-refractivity contribution in [3.05, 3.63) is 11.6 Å². The normalized spacial score (nSPS) is 54.6. The maximum absolute atomic E-state index is 9.59. The standard InChI is InChI=1S/C20H31BrO/c1-18(17(21)12-22)8-7-15-13(10-18)4-5-16-19(15,2)9-6-14-11-20(14,16)3/h4,14-17,22H,5-12H2,1-3H3/t14-,15+,16-,17+,18-,19+,20+/m1/s1. The van der Waals surface area contributed by atoms with E-state index in [9.17, 15) is 5.11 Å². The van der Waals surface area contributed by atoms with Gasteiger partial charge in [-0.1, -0.05) is 48.4 Å². The molecular formula is C20H31BrO. The van der Waals surface area contributed by atoms with Gasteiger partial charge in [0.1, 0.15) is 0 Å². The molecule has 0 aromatic rings. The highest BCUT2D eigenvalue weighted by Crippen LogP contribution is 2.73. The van der Waals surface area contributed by atoms with Gasteiger partial charge in [0.05, 0.1) is 6.61 Å². The first-order valence-corrected chi connectivity index (χ1v) is 10.2. The fourth-order valence-electron chi connectivity index (χ4n) is 6.76. The Balaban J connectivity index is 1.63. The van der Waals surface area contributed by atoms with Gasteiger partial charge in [0.15, 0.2) is 0 Å². The van der Waals surface area contributed by atoms with Gasteiger partial charge in [-0.2, -0.15) is 0 Å². The summed E-state index contributed by atoms with van der Waals surface area (Å²) in [5.41, 5.74) is 3.18. The molecule has 2 heteroatoms. The van der Waals surface area contributed by atoms with Crippen LogP contribution in [0.15, 0.2) is 11.6 Å². The van der Waals surface area contributed by atoms with Crippen molar-refractivity contribution >= 4 is 15.9 Å². The zero-order chi connectivity index (χ0) is 15.8. The third-order valence-corrected chi connectivity index (χ3v) is 9.87. The number of halogens is 1. The topological polar surface area (TPSA) is 20.2 Å². The maximum atomic E-state index is 9.59. The summed E-state index contributed by atoms with van der Waals surface area (Å²) in [7, 11) is 0. The molecule has 0 unspecified atom stereocenters. The van der Waals surface area contributed by atoms with Crippen LogP contribution < -0.4 is 0 Å². The molecule has 0 heterocycles. The Bertz CT molecular complexity index is 514. The van der Waals surface area contributed by atoms with Gasteiger partial charge in [-0.15, -0.1) is 0 Å². The van der Waals surface area contributed by atoms with Crippen LogP contribution in [-0.4, -0.2) is 16.5 Å². The monoisotopic (exact) mass is 366 g/mol. The van der Waals surface area contributed by atoms with Gasteiger partial charge in [-0.05, 0) is 78.9 Å². The Morgan fingerprint density at radius 2 is 2.00 bits per heavy atom. The molecule has 3 saturated carbocycles. The minimum atomic E-state index is 0.237. The summed E-state index contributed by atoms with van der Waals surface area (Å²) in [5.74, 6) is 2.78. The van der Waals surface area contributed by atoms with Crippen LogP contribution in [0, 0.1) is 34.0 Å². The fourth-order valence-corrected chi connectivity index (χ4v) is 7.15. The van der Waals surface area contributed by atoms with E-state index in [0.29, 0.717) is 10.8 Å². The summed E-state index contributed by atoms with van der Waals surface area (Å²) in [4.78, 5) is 0.240. The first kappa shape index (κ1) is 15.7. The predicted octanol–water partition coefficient (Wildman–Crippen LogP) is 5.32. The summed E-state index contributed by atoms with van der Waals surface area (Å²) in [6.07, 6.45) is 12.1. The lowest BCUT2D eigenvalue weighted by Gasteiger charge is -2.57. The number of fused-ring (bicyclic) bond motifs is 5. The van der Waals surface area contributed by atoms with Crippen molar-refractivity contribution in [1.82, 2.24) is 0 Å². The second-order valence-corrected chi connectivity index (χ2v) is 10.7. The van der Waals surface area contributed by atoms with Crippen LogP contribution in [0.1, 0.15) is 65.7 Å². The van der Waals surface area contributed by atoms with Crippen molar-refractivity contribution in [2.24, 2.45) is 34.0 Å². The van der Waals surface area contributed by atoms with Crippen molar-refractivity contribution in [2.75, 3.05) is 6.61 Å². The average molecular weight is 367 g/mol. The molecule has 4 rings (SSSR count). The molecule has 0 radical (unpaired) electrons. The van der Waals surface area contributed by atoms with Crippen LogP contribution in [0.3, 0.4) is 0 Å². The van der Waals surface area contributed by atoms with E-state index in [1.54, 1.807) is 5.57 Å². The maximum Gasteiger partial charge on any atom is 0.0561 e. The predicted molar refractivity (Wildman–Crippen MR) is 95.0 cm³/mol. The highest BCUT2D eigenvalue weighted by Gasteiger charge is 2.65. The molecule has 22 heavy (non-hydrogen) atoms. The van der Waals surface area contributed by atoms with E-state index < -0.39 is 0 Å². The number of aliphatic hydroxyl groups excluding tert-OH is 1. The van der Waals surface area contributed by atoms with E-state index in [0.717, 1.165) is 17.8 Å². The SMILES string of the molecule is C[C@@]1([C@@H](Br)CO)CC[C@H]2C(=CC[C@H]3[C@@]4(C)C[C@H]4CC[C@]32C)C1. The second-order valence-electron chi connectivity index (χ2n) is 9.59. The van der Waals surface area contributed by atoms with E-state index in [1.165, 1.54) is 44.9 Å². The van der Waals surface area contributed by atoms with E-state index in [4.69, 9.17) is 0 Å². The zero-order valence-corrected chi connectivity index (χ0v) is 16.0. The molecule has 4 aliphatic rings. The summed E-state index contributed by atoms with van der Waals surface area (Å²) in [6, 6.07) is 0. The largest absolute Gasteiger partial charge is 0.395 e. The van der Waals surface area contributed by atoms with Crippen LogP contribution in [0.2, 0.25) is 0 Å². The zero-order valence-electron chi connectivity index (χ0n) is 14.4. The minimum Gasteiger partial charge on any atom is -0.395 e. The van der Waals surface area contributed by atoms with Crippen molar-refractivity contribution in [3.63, 3.8) is 0 Å². The van der Waals surface area contributed by atoms with Crippen molar-refractivity contribution in [1.29, 1.82) is 0 Å². The summed E-state index contributed by atoms with van der Waals surface area (Å²) >= 11 is 3.74. The Kier molecular flexibility index (Phi) is 3.46. The molecule has 0 amide bonds. The number of aliphatic hydroxyl groups is 1. The fraction of sp³-hybridized carbons (Fsp3) is 0.900. The molecule has 1 N–H and O–H groups in total. The Labute approximate surface area is 144 Å². The molecule has 0 saturated heterocycles. The lowest BCUT2D eigenvalue weighted by molar-refractivity contribution is -0.0173. The van der Waals surface area contributed by atoms with Crippen molar-refractivity contribution in [2.45, 2.75) is 70.5 Å². The Morgan fingerprint density at radius 1 is 1.23 bits per heavy atom. The van der Waals surface area contributed by atoms with Crippen LogP contribution in [0.25, 0.3) is 0 Å². The molecule has 0 aliphatic heterocycles. The summed E-state index contributed by atoms with van der Waals surface area (Å²) in [5, 5.41) is 9.59. The molecule has 124 valence electrons. The van der Waals surface area contributed by atoms with Crippen LogP contribution in [0.4, 0.5) is 0 Å². The van der Waals surface area contributed by atoms with Gasteiger partial charge in [0.25, 0.3) is 0 Å². The van der Waals surface area contributed by atoms with Gasteiger partial charge in [-0.25, -0.2) is 0 Å². The number of rotatable bonds is 2. The van der Waals surface area contributed by atoms with Crippen molar-refractivity contribution < 1.29 is 5.11 Å². The first-order valence-electron chi connectivity index (χ1n) is 9.27. The van der Waals surface area contributed by atoms with Gasteiger partial charge in [-0.3, -0.25) is 0 Å². The molecular weight excluding hydrogens is 336 g/mol. The van der Waals surface area contributed by atoms with Gasteiger partial charge >= 0.3 is 0 Å². The molecule has 7 atom stereocenters. The summed E-state index contributed by atoms with van der Waals surface area (Å²) in [6.45, 7) is 7.82. The number of hydrogen-bond acceptors (Lipinski definition) is 1. The molecule has 0 bridgehead atoms. The van der Waals surface area contributed by atoms with E-state index in [-0.39, 0.29) is 16.8 Å². The van der Waals surface area contributed by atoms with Crippen molar-refractivity contribution in [3.8, 4) is 0 Å². The number of hydrogen-bond donors (Lipinski definition) is 1. The minimum absolute atomic E-state index is 0.237. The number of alkyl halides is 1. The molecule has 0 aromatic heterocycles. The van der Waals surface area contributed by atoms with E-state index >= 15 is 0 Å². The lowest BCUT2D eigenvalue weighted by Crippen LogP contribution is -2.49. The third kappa shape index (κ3) is 1.98. The quantitative estimate of drug-likeness (QED) is 0.517. The first-order chi connectivity index (χ1) is 10.3. The highest BCUT2D eigenvalue weighted by atomic mass is 79.9. The Hall–Kier alpha value is 0.180. The highest BCUT2D eigenvalue weighted by molar-refractivity contribution is 9.09. The smallest absolute Gasteiger partial charge is 0.0561 e. The van der Waals surface area contributed by atoms with Gasteiger partial charge in [0, 0.05) is 4.83 Å². The van der Waals surface area contributed by atoms with Crippen LogP contribution in [-0.2, 0) is 0 Å². The molecule has 0 aromatic carbocycles. The molecule has 1 nitrogen and oxygen atoms in total.